The lowest BCUT2D eigenvalue weighted by atomic mass is 10.1. The Kier molecular flexibility index (Phi) is 4.68. The van der Waals surface area contributed by atoms with Crippen LogP contribution in [0.25, 0.3) is 0 Å². The predicted molar refractivity (Wildman–Crippen MR) is 95.4 cm³/mol. The standard InChI is InChI=1S/C17H20O8S2/c1-9-4-6-10(7-5-9)27(18,19)25-13-12(11-8-20-16(26)21-11)22-15-14(13)23-17(2,3)24-15/h4-7,11-15H,8H2,1-3H3/t11-,12+,13-,14+,15-/m0/s1. The third kappa shape index (κ3) is 3.69. The van der Waals surface area contributed by atoms with Crippen LogP contribution < -0.4 is 0 Å². The summed E-state index contributed by atoms with van der Waals surface area (Å²) in [6.07, 6.45) is -3.88. The molecule has 1 aromatic rings. The van der Waals surface area contributed by atoms with Crippen molar-refractivity contribution in [3.05, 3.63) is 29.8 Å². The van der Waals surface area contributed by atoms with Crippen LogP contribution in [0, 0.1) is 6.92 Å². The molecule has 0 unspecified atom stereocenters. The van der Waals surface area contributed by atoms with E-state index in [4.69, 9.17) is 40.1 Å². The summed E-state index contributed by atoms with van der Waals surface area (Å²) in [6.45, 7) is 5.45. The summed E-state index contributed by atoms with van der Waals surface area (Å²) in [5, 5.41) is -0.0111. The fraction of sp³-hybridized carbons (Fsp3) is 0.588. The summed E-state index contributed by atoms with van der Waals surface area (Å²) in [7, 11) is -4.06. The molecule has 0 spiro atoms. The molecular formula is C17H20O8S2. The van der Waals surface area contributed by atoms with Crippen molar-refractivity contribution in [1.29, 1.82) is 0 Å². The third-order valence-corrected chi connectivity index (χ3v) is 6.09. The molecule has 27 heavy (non-hydrogen) atoms. The lowest BCUT2D eigenvalue weighted by molar-refractivity contribution is -0.221. The largest absolute Gasteiger partial charge is 0.453 e. The van der Waals surface area contributed by atoms with Crippen LogP contribution in [0.1, 0.15) is 19.4 Å². The highest BCUT2D eigenvalue weighted by Crippen LogP contribution is 2.41. The van der Waals surface area contributed by atoms with Crippen LogP contribution in [0.4, 0.5) is 0 Å². The minimum atomic E-state index is -4.06. The first-order chi connectivity index (χ1) is 12.6. The minimum absolute atomic E-state index is 0.0111. The van der Waals surface area contributed by atoms with Gasteiger partial charge in [-0.1, -0.05) is 17.7 Å². The molecule has 0 bridgehead atoms. The molecule has 3 heterocycles. The van der Waals surface area contributed by atoms with E-state index < -0.39 is 46.6 Å². The average Bonchev–Trinajstić information content (AvgIpc) is 3.21. The number of hydrogen-bond donors (Lipinski definition) is 0. The first-order valence-electron chi connectivity index (χ1n) is 8.49. The van der Waals surface area contributed by atoms with Crippen LogP contribution in [-0.2, 0) is 38.0 Å². The van der Waals surface area contributed by atoms with Crippen molar-refractivity contribution < 1.29 is 36.3 Å². The number of benzene rings is 1. The van der Waals surface area contributed by atoms with Gasteiger partial charge in [0.05, 0.1) is 4.90 Å². The Morgan fingerprint density at radius 2 is 1.85 bits per heavy atom. The van der Waals surface area contributed by atoms with Crippen molar-refractivity contribution in [2.24, 2.45) is 0 Å². The highest BCUT2D eigenvalue weighted by Gasteiger charge is 2.60. The molecular weight excluding hydrogens is 396 g/mol. The van der Waals surface area contributed by atoms with Crippen molar-refractivity contribution in [3.63, 3.8) is 0 Å². The van der Waals surface area contributed by atoms with Crippen LogP contribution >= 0.6 is 12.2 Å². The second-order valence-electron chi connectivity index (χ2n) is 7.11. The van der Waals surface area contributed by atoms with Crippen molar-refractivity contribution in [3.8, 4) is 0 Å². The van der Waals surface area contributed by atoms with Gasteiger partial charge in [-0.25, -0.2) is 0 Å². The first kappa shape index (κ1) is 19.0. The number of aryl methyl sites for hydroxylation is 1. The Morgan fingerprint density at radius 1 is 1.15 bits per heavy atom. The van der Waals surface area contributed by atoms with E-state index in [1.165, 1.54) is 12.1 Å². The van der Waals surface area contributed by atoms with Gasteiger partial charge in [0.25, 0.3) is 10.1 Å². The van der Waals surface area contributed by atoms with Crippen molar-refractivity contribution in [1.82, 2.24) is 0 Å². The highest BCUT2D eigenvalue weighted by molar-refractivity contribution is 7.86. The second kappa shape index (κ2) is 6.64. The fourth-order valence-electron chi connectivity index (χ4n) is 3.32. The summed E-state index contributed by atoms with van der Waals surface area (Å²) in [4.78, 5) is 0.0487. The van der Waals surface area contributed by atoms with E-state index in [-0.39, 0.29) is 16.7 Å². The fourth-order valence-corrected chi connectivity index (χ4v) is 4.61. The third-order valence-electron chi connectivity index (χ3n) is 4.55. The molecule has 0 amide bonds. The molecule has 0 aromatic heterocycles. The number of hydrogen-bond acceptors (Lipinski definition) is 9. The number of rotatable bonds is 4. The molecule has 3 fully saturated rings. The normalized spacial score (nSPS) is 34.9. The van der Waals surface area contributed by atoms with Gasteiger partial charge in [0.2, 0.25) is 0 Å². The topological polar surface area (TPSA) is 89.5 Å². The Balaban J connectivity index is 1.61. The van der Waals surface area contributed by atoms with E-state index in [0.717, 1.165) is 5.56 Å². The minimum Gasteiger partial charge on any atom is -0.453 e. The van der Waals surface area contributed by atoms with E-state index in [9.17, 15) is 8.42 Å². The van der Waals surface area contributed by atoms with E-state index in [2.05, 4.69) is 0 Å². The second-order valence-corrected chi connectivity index (χ2v) is 9.02. The Bertz CT molecular complexity index is 835. The van der Waals surface area contributed by atoms with E-state index >= 15 is 0 Å². The van der Waals surface area contributed by atoms with E-state index in [1.807, 2.05) is 6.92 Å². The Hall–Kier alpha value is -1.30. The maximum Gasteiger partial charge on any atom is 0.352 e. The van der Waals surface area contributed by atoms with E-state index in [1.54, 1.807) is 26.0 Å². The molecule has 10 heteroatoms. The van der Waals surface area contributed by atoms with Crippen molar-refractivity contribution in [2.45, 2.75) is 62.2 Å². The van der Waals surface area contributed by atoms with Crippen LogP contribution in [0.2, 0.25) is 0 Å². The van der Waals surface area contributed by atoms with Gasteiger partial charge < -0.3 is 23.7 Å². The molecule has 5 atom stereocenters. The number of thiocarbonyl (C=S) groups is 1. The molecule has 8 nitrogen and oxygen atoms in total. The molecule has 148 valence electrons. The molecule has 1 aromatic carbocycles. The summed E-state index contributed by atoms with van der Waals surface area (Å²) in [5.41, 5.74) is 0.940. The zero-order valence-corrected chi connectivity index (χ0v) is 16.6. The maximum absolute atomic E-state index is 12.8. The summed E-state index contributed by atoms with van der Waals surface area (Å²) in [6, 6.07) is 6.39. The lowest BCUT2D eigenvalue weighted by Gasteiger charge is -2.27. The Labute approximate surface area is 162 Å². The quantitative estimate of drug-likeness (QED) is 0.537. The Morgan fingerprint density at radius 3 is 2.48 bits per heavy atom. The number of ether oxygens (including phenoxy) is 5. The summed E-state index contributed by atoms with van der Waals surface area (Å²) < 4.78 is 59.2. The van der Waals surface area contributed by atoms with Gasteiger partial charge in [-0.2, -0.15) is 8.42 Å². The van der Waals surface area contributed by atoms with Gasteiger partial charge in [0, 0.05) is 12.2 Å². The molecule has 4 rings (SSSR count). The van der Waals surface area contributed by atoms with Gasteiger partial charge in [0.1, 0.15) is 24.9 Å². The molecule has 3 saturated heterocycles. The van der Waals surface area contributed by atoms with Gasteiger partial charge in [-0.05, 0) is 32.9 Å². The first-order valence-corrected chi connectivity index (χ1v) is 10.3. The van der Waals surface area contributed by atoms with Gasteiger partial charge in [0.15, 0.2) is 18.2 Å². The SMILES string of the molecule is Cc1ccc(S(=O)(=O)O[C@@H]2[C@H]3OC(C)(C)O[C@@H]3O[C@@H]2[C@@H]2COC(=S)O2)cc1. The highest BCUT2D eigenvalue weighted by atomic mass is 32.2. The van der Waals surface area contributed by atoms with Gasteiger partial charge >= 0.3 is 5.24 Å². The molecule has 3 aliphatic heterocycles. The predicted octanol–water partition coefficient (Wildman–Crippen LogP) is 1.65. The van der Waals surface area contributed by atoms with Crippen molar-refractivity contribution >= 4 is 27.6 Å². The molecule has 0 aliphatic carbocycles. The van der Waals surface area contributed by atoms with Gasteiger partial charge in [-0.3, -0.25) is 4.18 Å². The maximum atomic E-state index is 12.8. The molecule has 0 radical (unpaired) electrons. The molecule has 0 saturated carbocycles. The van der Waals surface area contributed by atoms with E-state index in [0.29, 0.717) is 0 Å². The van der Waals surface area contributed by atoms with Crippen LogP contribution in [-0.4, -0.2) is 56.8 Å². The van der Waals surface area contributed by atoms with Gasteiger partial charge in [-0.15, -0.1) is 0 Å². The molecule has 0 N–H and O–H groups in total. The summed E-state index contributed by atoms with van der Waals surface area (Å²) >= 11 is 4.88. The van der Waals surface area contributed by atoms with Crippen molar-refractivity contribution in [2.75, 3.05) is 6.61 Å². The average molecular weight is 416 g/mol. The van der Waals surface area contributed by atoms with Crippen LogP contribution in [0.15, 0.2) is 29.2 Å². The van der Waals surface area contributed by atoms with Crippen LogP contribution in [0.5, 0.6) is 0 Å². The lowest BCUT2D eigenvalue weighted by Crippen LogP contribution is -2.44. The van der Waals surface area contributed by atoms with Crippen LogP contribution in [0.3, 0.4) is 0 Å². The zero-order valence-electron chi connectivity index (χ0n) is 15.0. The monoisotopic (exact) mass is 416 g/mol. The zero-order chi connectivity index (χ0) is 19.4. The smallest absolute Gasteiger partial charge is 0.352 e. The molecule has 3 aliphatic rings. The summed E-state index contributed by atoms with van der Waals surface area (Å²) in [5.74, 6) is -0.919. The number of fused-ring (bicyclic) bond motifs is 1.